The highest BCUT2D eigenvalue weighted by Crippen LogP contribution is 2.63. The van der Waals surface area contributed by atoms with Gasteiger partial charge in [-0.3, -0.25) is 0 Å². The Hall–Kier alpha value is -0.410. The molecule has 1 aromatic rings. The second-order valence-electron chi connectivity index (χ2n) is 8.48. The van der Waals surface area contributed by atoms with Gasteiger partial charge in [-0.25, -0.2) is 4.98 Å². The number of hydrogen-bond acceptors (Lipinski definition) is 3. The van der Waals surface area contributed by atoms with Crippen LogP contribution in [0.5, 0.6) is 0 Å². The highest BCUT2D eigenvalue weighted by molar-refractivity contribution is 7.12. The SMILES string of the molecule is Cc1nc(C(C)(C)C)sc1C(C)NC1C(C)(C)C1(C)C. The Morgan fingerprint density at radius 1 is 1.15 bits per heavy atom. The molecule has 0 bridgehead atoms. The molecule has 1 aliphatic carbocycles. The van der Waals surface area contributed by atoms with Crippen molar-refractivity contribution < 1.29 is 0 Å². The van der Waals surface area contributed by atoms with Crippen molar-refractivity contribution in [3.8, 4) is 0 Å². The highest BCUT2D eigenvalue weighted by atomic mass is 32.1. The second-order valence-corrected chi connectivity index (χ2v) is 9.51. The lowest BCUT2D eigenvalue weighted by Gasteiger charge is -2.15. The summed E-state index contributed by atoms with van der Waals surface area (Å²) in [5.41, 5.74) is 2.10. The van der Waals surface area contributed by atoms with Crippen molar-refractivity contribution in [2.45, 2.75) is 79.8 Å². The van der Waals surface area contributed by atoms with E-state index in [1.807, 2.05) is 11.3 Å². The zero-order valence-electron chi connectivity index (χ0n) is 14.5. The molecule has 1 fully saturated rings. The molecule has 20 heavy (non-hydrogen) atoms. The third-order valence-electron chi connectivity index (χ3n) is 5.30. The lowest BCUT2D eigenvalue weighted by molar-refractivity contribution is 0.457. The molecule has 1 aromatic heterocycles. The number of rotatable bonds is 3. The summed E-state index contributed by atoms with van der Waals surface area (Å²) in [6.07, 6.45) is 0. The van der Waals surface area contributed by atoms with Crippen molar-refractivity contribution in [1.82, 2.24) is 10.3 Å². The summed E-state index contributed by atoms with van der Waals surface area (Å²) < 4.78 is 0. The Balaban J connectivity index is 2.15. The fourth-order valence-corrected chi connectivity index (χ4v) is 4.20. The van der Waals surface area contributed by atoms with Gasteiger partial charge in [0, 0.05) is 22.4 Å². The first-order valence-electron chi connectivity index (χ1n) is 7.63. The molecule has 0 radical (unpaired) electrons. The number of nitrogens with zero attached hydrogens (tertiary/aromatic N) is 1. The maximum atomic E-state index is 4.78. The van der Waals surface area contributed by atoms with Crippen molar-refractivity contribution in [2.24, 2.45) is 10.8 Å². The highest BCUT2D eigenvalue weighted by Gasteiger charge is 2.64. The first-order valence-corrected chi connectivity index (χ1v) is 8.44. The molecule has 2 rings (SSSR count). The number of hydrogen-bond donors (Lipinski definition) is 1. The molecule has 114 valence electrons. The number of nitrogens with one attached hydrogen (secondary N) is 1. The Labute approximate surface area is 128 Å². The van der Waals surface area contributed by atoms with Crippen LogP contribution in [0.1, 0.15) is 77.0 Å². The van der Waals surface area contributed by atoms with Crippen LogP contribution < -0.4 is 5.32 Å². The monoisotopic (exact) mass is 294 g/mol. The lowest BCUT2D eigenvalue weighted by Crippen LogP contribution is -2.25. The van der Waals surface area contributed by atoms with E-state index in [0.29, 0.717) is 22.9 Å². The fraction of sp³-hybridized carbons (Fsp3) is 0.824. The summed E-state index contributed by atoms with van der Waals surface area (Å²) in [5.74, 6) is 0. The molecule has 3 heteroatoms. The maximum Gasteiger partial charge on any atom is 0.0985 e. The predicted octanol–water partition coefficient (Wildman–Crippen LogP) is 4.83. The summed E-state index contributed by atoms with van der Waals surface area (Å²) in [6, 6.07) is 0.972. The molecule has 0 aromatic carbocycles. The molecule has 0 aliphatic heterocycles. The largest absolute Gasteiger partial charge is 0.305 e. The molecule has 0 saturated heterocycles. The zero-order valence-corrected chi connectivity index (χ0v) is 15.3. The molecular weight excluding hydrogens is 264 g/mol. The molecule has 1 atom stereocenters. The maximum absolute atomic E-state index is 4.78. The van der Waals surface area contributed by atoms with Crippen molar-refractivity contribution >= 4 is 11.3 Å². The quantitative estimate of drug-likeness (QED) is 0.863. The lowest BCUT2D eigenvalue weighted by atomic mass is 9.98. The second kappa shape index (κ2) is 4.54. The van der Waals surface area contributed by atoms with E-state index in [0.717, 1.165) is 0 Å². The van der Waals surface area contributed by atoms with Crippen LogP contribution in [0.25, 0.3) is 0 Å². The Bertz CT molecular complexity index is 492. The van der Waals surface area contributed by atoms with Crippen LogP contribution in [0.4, 0.5) is 0 Å². The van der Waals surface area contributed by atoms with Gasteiger partial charge < -0.3 is 5.32 Å². The predicted molar refractivity (Wildman–Crippen MR) is 88.5 cm³/mol. The molecule has 0 spiro atoms. The minimum Gasteiger partial charge on any atom is -0.305 e. The van der Waals surface area contributed by atoms with Crippen LogP contribution in [0.15, 0.2) is 0 Å². The van der Waals surface area contributed by atoms with Gasteiger partial charge in [0.2, 0.25) is 0 Å². The van der Waals surface area contributed by atoms with Gasteiger partial charge in [-0.15, -0.1) is 11.3 Å². The summed E-state index contributed by atoms with van der Waals surface area (Å²) in [4.78, 5) is 6.18. The van der Waals surface area contributed by atoms with Gasteiger partial charge in [0.25, 0.3) is 0 Å². The van der Waals surface area contributed by atoms with Gasteiger partial charge in [-0.1, -0.05) is 48.5 Å². The molecule has 1 saturated carbocycles. The van der Waals surface area contributed by atoms with Gasteiger partial charge in [-0.2, -0.15) is 0 Å². The van der Waals surface area contributed by atoms with Crippen molar-refractivity contribution in [1.29, 1.82) is 0 Å². The van der Waals surface area contributed by atoms with Crippen molar-refractivity contribution in [3.05, 3.63) is 15.6 Å². The molecule has 1 unspecified atom stereocenters. The normalized spacial score (nSPS) is 22.9. The van der Waals surface area contributed by atoms with E-state index in [1.54, 1.807) is 0 Å². The van der Waals surface area contributed by atoms with E-state index >= 15 is 0 Å². The summed E-state index contributed by atoms with van der Waals surface area (Å²) in [6.45, 7) is 20.6. The molecule has 0 amide bonds. The van der Waals surface area contributed by atoms with Crippen LogP contribution in [0.2, 0.25) is 0 Å². The third kappa shape index (κ3) is 2.43. The van der Waals surface area contributed by atoms with Gasteiger partial charge in [0.05, 0.1) is 10.7 Å². The Morgan fingerprint density at radius 2 is 1.65 bits per heavy atom. The van der Waals surface area contributed by atoms with Crippen LogP contribution in [0, 0.1) is 17.8 Å². The van der Waals surface area contributed by atoms with Gasteiger partial charge in [0.15, 0.2) is 0 Å². The topological polar surface area (TPSA) is 24.9 Å². The smallest absolute Gasteiger partial charge is 0.0985 e. The summed E-state index contributed by atoms with van der Waals surface area (Å²) in [5, 5.41) is 5.07. The number of thiazole rings is 1. The number of aryl methyl sites for hydroxylation is 1. The summed E-state index contributed by atoms with van der Waals surface area (Å²) >= 11 is 1.87. The third-order valence-corrected chi connectivity index (χ3v) is 7.07. The standard InChI is InChI=1S/C17H30N2S/c1-10(18-13-16(6,7)17(13,8)9)12-11(2)19-14(20-12)15(3,4)5/h10,13,18H,1-9H3. The van der Waals surface area contributed by atoms with Crippen LogP contribution in [-0.2, 0) is 5.41 Å². The summed E-state index contributed by atoms with van der Waals surface area (Å²) in [7, 11) is 0. The van der Waals surface area contributed by atoms with E-state index in [4.69, 9.17) is 4.98 Å². The molecule has 1 aliphatic rings. The van der Waals surface area contributed by atoms with E-state index in [9.17, 15) is 0 Å². The van der Waals surface area contributed by atoms with Crippen LogP contribution in [-0.4, -0.2) is 11.0 Å². The van der Waals surface area contributed by atoms with Crippen LogP contribution >= 0.6 is 11.3 Å². The fourth-order valence-electron chi connectivity index (χ4n) is 3.07. The van der Waals surface area contributed by atoms with Gasteiger partial charge in [0.1, 0.15) is 0 Å². The number of aromatic nitrogens is 1. The average Bonchev–Trinajstić information content (AvgIpc) is 2.64. The van der Waals surface area contributed by atoms with E-state index in [1.165, 1.54) is 15.6 Å². The Morgan fingerprint density at radius 3 is 2.00 bits per heavy atom. The van der Waals surface area contributed by atoms with E-state index < -0.39 is 0 Å². The van der Waals surface area contributed by atoms with E-state index in [-0.39, 0.29) is 5.41 Å². The zero-order chi connectivity index (χ0) is 15.5. The van der Waals surface area contributed by atoms with Crippen LogP contribution in [0.3, 0.4) is 0 Å². The van der Waals surface area contributed by atoms with Gasteiger partial charge in [-0.05, 0) is 24.7 Å². The van der Waals surface area contributed by atoms with Gasteiger partial charge >= 0.3 is 0 Å². The first kappa shape index (κ1) is 16.0. The minimum absolute atomic E-state index is 0.144. The first-order chi connectivity index (χ1) is 8.89. The molecule has 1 N–H and O–H groups in total. The molecular formula is C17H30N2S. The molecule has 2 nitrogen and oxygen atoms in total. The average molecular weight is 295 g/mol. The van der Waals surface area contributed by atoms with E-state index in [2.05, 4.69) is 67.6 Å². The minimum atomic E-state index is 0.144. The molecule has 1 heterocycles. The van der Waals surface area contributed by atoms with Crippen molar-refractivity contribution in [2.75, 3.05) is 0 Å². The van der Waals surface area contributed by atoms with Crippen molar-refractivity contribution in [3.63, 3.8) is 0 Å². The Kier molecular flexibility index (Phi) is 3.63.